The summed E-state index contributed by atoms with van der Waals surface area (Å²) in [7, 11) is 0. The fourth-order valence-corrected chi connectivity index (χ4v) is 2.85. The maximum absolute atomic E-state index is 11.1. The van der Waals surface area contributed by atoms with E-state index in [1.54, 1.807) is 17.4 Å². The first-order valence-electron chi connectivity index (χ1n) is 5.28. The summed E-state index contributed by atoms with van der Waals surface area (Å²) in [6.07, 6.45) is 0. The lowest BCUT2D eigenvalue weighted by Crippen LogP contribution is -2.02. The second kappa shape index (κ2) is 4.00. The molecule has 0 aliphatic heterocycles. The van der Waals surface area contributed by atoms with E-state index in [0.717, 1.165) is 27.1 Å². The molecule has 0 bridgehead atoms. The highest BCUT2D eigenvalue weighted by atomic mass is 32.1. The number of nitrogens with zero attached hydrogens (tertiary/aromatic N) is 2. The van der Waals surface area contributed by atoms with Crippen LogP contribution in [0.1, 0.15) is 32.3 Å². The van der Waals surface area contributed by atoms with E-state index in [-0.39, 0.29) is 0 Å². The topological polar surface area (TPSA) is 55.1 Å². The SMILES string of the molecule is Cc1nc(-n2c(C)cc(C(=O)O)c2C)sc1C. The molecule has 4 nitrogen and oxygen atoms in total. The Labute approximate surface area is 104 Å². The fourth-order valence-electron chi connectivity index (χ4n) is 1.83. The predicted octanol–water partition coefficient (Wildman–Crippen LogP) is 2.87. The van der Waals surface area contributed by atoms with Crippen LogP contribution in [-0.2, 0) is 0 Å². The zero-order valence-electron chi connectivity index (χ0n) is 10.2. The average Bonchev–Trinajstić information content (AvgIpc) is 2.69. The molecule has 2 aromatic rings. The van der Waals surface area contributed by atoms with Gasteiger partial charge >= 0.3 is 5.97 Å². The van der Waals surface area contributed by atoms with Crippen molar-refractivity contribution in [3.05, 3.63) is 33.6 Å². The van der Waals surface area contributed by atoms with Gasteiger partial charge in [0.2, 0.25) is 0 Å². The molecule has 2 rings (SSSR count). The van der Waals surface area contributed by atoms with Crippen LogP contribution in [0.4, 0.5) is 0 Å². The molecule has 0 saturated carbocycles. The van der Waals surface area contributed by atoms with Crippen molar-refractivity contribution in [1.82, 2.24) is 9.55 Å². The van der Waals surface area contributed by atoms with E-state index in [1.165, 1.54) is 0 Å². The average molecular weight is 250 g/mol. The van der Waals surface area contributed by atoms with Crippen molar-refractivity contribution in [2.75, 3.05) is 0 Å². The third kappa shape index (κ3) is 1.86. The van der Waals surface area contributed by atoms with E-state index in [1.807, 2.05) is 32.3 Å². The molecule has 17 heavy (non-hydrogen) atoms. The van der Waals surface area contributed by atoms with Crippen molar-refractivity contribution in [3.8, 4) is 5.13 Å². The van der Waals surface area contributed by atoms with Gasteiger partial charge in [0.15, 0.2) is 5.13 Å². The van der Waals surface area contributed by atoms with Gasteiger partial charge in [-0.05, 0) is 33.8 Å². The summed E-state index contributed by atoms with van der Waals surface area (Å²) < 4.78 is 1.90. The molecule has 0 aromatic carbocycles. The third-order valence-corrected chi connectivity index (χ3v) is 3.93. The Bertz CT molecular complexity index is 576. The number of carboxylic acids is 1. The van der Waals surface area contributed by atoms with E-state index in [9.17, 15) is 4.79 Å². The van der Waals surface area contributed by atoms with E-state index >= 15 is 0 Å². The number of rotatable bonds is 2. The van der Waals surface area contributed by atoms with Crippen LogP contribution >= 0.6 is 11.3 Å². The molecular weight excluding hydrogens is 236 g/mol. The minimum absolute atomic E-state index is 0.341. The van der Waals surface area contributed by atoms with Crippen LogP contribution < -0.4 is 0 Å². The van der Waals surface area contributed by atoms with E-state index in [0.29, 0.717) is 5.56 Å². The summed E-state index contributed by atoms with van der Waals surface area (Å²) in [5.41, 5.74) is 2.96. The van der Waals surface area contributed by atoms with Crippen LogP contribution in [0.15, 0.2) is 6.07 Å². The largest absolute Gasteiger partial charge is 0.478 e. The molecule has 5 heteroatoms. The molecule has 0 fully saturated rings. The van der Waals surface area contributed by atoms with Crippen LogP contribution in [0.5, 0.6) is 0 Å². The lowest BCUT2D eigenvalue weighted by atomic mass is 10.2. The molecule has 0 aliphatic rings. The number of aromatic nitrogens is 2. The Hall–Kier alpha value is -1.62. The molecule has 0 radical (unpaired) electrons. The van der Waals surface area contributed by atoms with Gasteiger partial charge in [-0.1, -0.05) is 0 Å². The van der Waals surface area contributed by atoms with Gasteiger partial charge in [0.1, 0.15) is 0 Å². The van der Waals surface area contributed by atoms with Crippen LogP contribution in [0.2, 0.25) is 0 Å². The number of aryl methyl sites for hydroxylation is 3. The van der Waals surface area contributed by atoms with Gasteiger partial charge in [0, 0.05) is 16.3 Å². The number of thiazole rings is 1. The van der Waals surface area contributed by atoms with Crippen LogP contribution in [0.25, 0.3) is 5.13 Å². The number of aromatic carboxylic acids is 1. The molecule has 0 atom stereocenters. The van der Waals surface area contributed by atoms with Gasteiger partial charge in [0.25, 0.3) is 0 Å². The molecule has 90 valence electrons. The first kappa shape index (κ1) is 11.9. The van der Waals surface area contributed by atoms with Crippen molar-refractivity contribution in [2.45, 2.75) is 27.7 Å². The molecule has 0 amide bonds. The molecule has 1 N–H and O–H groups in total. The van der Waals surface area contributed by atoms with Gasteiger partial charge in [-0.2, -0.15) is 0 Å². The van der Waals surface area contributed by atoms with E-state index in [2.05, 4.69) is 4.98 Å². The maximum atomic E-state index is 11.1. The monoisotopic (exact) mass is 250 g/mol. The van der Waals surface area contributed by atoms with E-state index < -0.39 is 5.97 Å². The Balaban J connectivity index is 2.63. The molecule has 2 heterocycles. The quantitative estimate of drug-likeness (QED) is 0.891. The summed E-state index contributed by atoms with van der Waals surface area (Å²) >= 11 is 1.58. The minimum atomic E-state index is -0.894. The van der Waals surface area contributed by atoms with Gasteiger partial charge in [0.05, 0.1) is 11.3 Å². The Morgan fingerprint density at radius 2 is 2.00 bits per heavy atom. The fraction of sp³-hybridized carbons (Fsp3) is 0.333. The lowest BCUT2D eigenvalue weighted by Gasteiger charge is -2.04. The summed E-state index contributed by atoms with van der Waals surface area (Å²) in [5, 5.41) is 9.92. The molecular formula is C12H14N2O2S. The van der Waals surface area contributed by atoms with Crippen LogP contribution in [-0.4, -0.2) is 20.6 Å². The molecule has 2 aromatic heterocycles. The first-order valence-corrected chi connectivity index (χ1v) is 6.10. The Morgan fingerprint density at radius 1 is 1.35 bits per heavy atom. The molecule has 0 saturated heterocycles. The zero-order chi connectivity index (χ0) is 12.7. The molecule has 0 unspecified atom stereocenters. The van der Waals surface area contributed by atoms with Gasteiger partial charge < -0.3 is 5.11 Å². The van der Waals surface area contributed by atoms with Crippen LogP contribution in [0.3, 0.4) is 0 Å². The van der Waals surface area contributed by atoms with Crippen molar-refractivity contribution in [1.29, 1.82) is 0 Å². The number of hydrogen-bond donors (Lipinski definition) is 1. The summed E-state index contributed by atoms with van der Waals surface area (Å²) in [6, 6.07) is 1.68. The summed E-state index contributed by atoms with van der Waals surface area (Å²) in [6.45, 7) is 7.68. The van der Waals surface area contributed by atoms with Gasteiger partial charge in [-0.15, -0.1) is 11.3 Å². The molecule has 0 spiro atoms. The summed E-state index contributed by atoms with van der Waals surface area (Å²) in [4.78, 5) is 16.7. The third-order valence-electron chi connectivity index (χ3n) is 2.87. The second-order valence-electron chi connectivity index (χ2n) is 4.06. The number of hydrogen-bond acceptors (Lipinski definition) is 3. The Kier molecular flexibility index (Phi) is 2.79. The number of carboxylic acid groups (broad SMARTS) is 1. The second-order valence-corrected chi connectivity index (χ2v) is 5.25. The van der Waals surface area contributed by atoms with Crippen molar-refractivity contribution >= 4 is 17.3 Å². The lowest BCUT2D eigenvalue weighted by molar-refractivity contribution is 0.0696. The zero-order valence-corrected chi connectivity index (χ0v) is 11.1. The molecule has 0 aliphatic carbocycles. The Morgan fingerprint density at radius 3 is 2.41 bits per heavy atom. The highest BCUT2D eigenvalue weighted by molar-refractivity contribution is 7.14. The summed E-state index contributed by atoms with van der Waals surface area (Å²) in [5.74, 6) is -0.894. The predicted molar refractivity (Wildman–Crippen MR) is 67.3 cm³/mol. The van der Waals surface area contributed by atoms with Gasteiger partial charge in [-0.25, -0.2) is 9.78 Å². The highest BCUT2D eigenvalue weighted by Gasteiger charge is 2.17. The van der Waals surface area contributed by atoms with Crippen molar-refractivity contribution in [3.63, 3.8) is 0 Å². The smallest absolute Gasteiger partial charge is 0.337 e. The maximum Gasteiger partial charge on any atom is 0.337 e. The highest BCUT2D eigenvalue weighted by Crippen LogP contribution is 2.26. The van der Waals surface area contributed by atoms with Crippen LogP contribution in [0, 0.1) is 27.7 Å². The van der Waals surface area contributed by atoms with Crippen molar-refractivity contribution in [2.24, 2.45) is 0 Å². The van der Waals surface area contributed by atoms with Crippen molar-refractivity contribution < 1.29 is 9.90 Å². The normalized spacial score (nSPS) is 10.8. The standard InChI is InChI=1S/C12H14N2O2S/c1-6-5-10(11(15)16)8(3)14(6)12-13-7(2)9(4)17-12/h5H,1-4H3,(H,15,16). The minimum Gasteiger partial charge on any atom is -0.478 e. The van der Waals surface area contributed by atoms with Gasteiger partial charge in [-0.3, -0.25) is 4.57 Å². The number of carbonyl (C=O) groups is 1. The first-order chi connectivity index (χ1) is 7.91. The van der Waals surface area contributed by atoms with E-state index in [4.69, 9.17) is 5.11 Å².